The van der Waals surface area contributed by atoms with E-state index in [4.69, 9.17) is 4.74 Å². The first-order valence-electron chi connectivity index (χ1n) is 9.41. The Morgan fingerprint density at radius 3 is 2.43 bits per heavy atom. The van der Waals surface area contributed by atoms with Gasteiger partial charge in [-0.05, 0) is 31.9 Å². The molecule has 1 aliphatic rings. The minimum Gasteiger partial charge on any atom is -0.378 e. The SMILES string of the molecule is CCc1ccccc1NS(=O)(=O)c1c(C(=O)N2CCOCC2)c(C)n(C)c1C. The van der Waals surface area contributed by atoms with Crippen LogP contribution in [-0.2, 0) is 28.2 Å². The normalized spacial score (nSPS) is 14.9. The summed E-state index contributed by atoms with van der Waals surface area (Å²) in [7, 11) is -2.16. The number of carbonyl (C=O) groups excluding carboxylic acids is 1. The molecule has 1 aromatic heterocycles. The number of hydrogen-bond donors (Lipinski definition) is 1. The van der Waals surface area contributed by atoms with E-state index < -0.39 is 10.0 Å². The monoisotopic (exact) mass is 405 g/mol. The molecule has 0 bridgehead atoms. The fourth-order valence-electron chi connectivity index (χ4n) is 3.55. The topological polar surface area (TPSA) is 80.6 Å². The minimum absolute atomic E-state index is 0.0508. The Labute approximate surface area is 166 Å². The van der Waals surface area contributed by atoms with Crippen LogP contribution in [-0.4, -0.2) is 50.1 Å². The van der Waals surface area contributed by atoms with E-state index in [1.807, 2.05) is 19.1 Å². The number of hydrogen-bond acceptors (Lipinski definition) is 4. The van der Waals surface area contributed by atoms with E-state index in [1.54, 1.807) is 42.5 Å². The third-order valence-electron chi connectivity index (χ3n) is 5.35. The number of nitrogens with zero attached hydrogens (tertiary/aromatic N) is 2. The minimum atomic E-state index is -3.94. The molecule has 8 heteroatoms. The van der Waals surface area contributed by atoms with Crippen LogP contribution in [0.3, 0.4) is 0 Å². The number of ether oxygens (including phenoxy) is 1. The number of sulfonamides is 1. The van der Waals surface area contributed by atoms with Gasteiger partial charge in [-0.15, -0.1) is 0 Å². The molecule has 1 N–H and O–H groups in total. The number of aryl methyl sites for hydroxylation is 1. The fourth-order valence-corrected chi connectivity index (χ4v) is 5.17. The molecule has 0 spiro atoms. The molecule has 1 amide bonds. The predicted molar refractivity (Wildman–Crippen MR) is 108 cm³/mol. The summed E-state index contributed by atoms with van der Waals surface area (Å²) in [5.41, 5.74) is 2.85. The molecule has 152 valence electrons. The zero-order chi connectivity index (χ0) is 20.5. The Morgan fingerprint density at radius 2 is 1.79 bits per heavy atom. The van der Waals surface area contributed by atoms with Crippen LogP contribution >= 0.6 is 0 Å². The smallest absolute Gasteiger partial charge is 0.264 e. The number of anilines is 1. The number of nitrogens with one attached hydrogen (secondary N) is 1. The third kappa shape index (κ3) is 3.66. The van der Waals surface area contributed by atoms with Crippen LogP contribution in [0.25, 0.3) is 0 Å². The first kappa shape index (κ1) is 20.4. The molecule has 0 aliphatic carbocycles. The van der Waals surface area contributed by atoms with E-state index in [1.165, 1.54) is 0 Å². The van der Waals surface area contributed by atoms with Gasteiger partial charge < -0.3 is 14.2 Å². The van der Waals surface area contributed by atoms with Crippen molar-refractivity contribution >= 4 is 21.6 Å². The van der Waals surface area contributed by atoms with Crippen LogP contribution in [0.1, 0.15) is 34.2 Å². The standard InChI is InChI=1S/C20H27N3O4S/c1-5-16-8-6-7-9-17(16)21-28(25,26)19-15(3)22(4)14(2)18(19)20(24)23-10-12-27-13-11-23/h6-9,21H,5,10-13H2,1-4H3. The van der Waals surface area contributed by atoms with Crippen LogP contribution in [0.15, 0.2) is 29.2 Å². The van der Waals surface area contributed by atoms with Gasteiger partial charge in [-0.3, -0.25) is 9.52 Å². The quantitative estimate of drug-likeness (QED) is 0.829. The van der Waals surface area contributed by atoms with E-state index in [0.717, 1.165) is 5.56 Å². The van der Waals surface area contributed by atoms with Gasteiger partial charge in [0.25, 0.3) is 15.9 Å². The van der Waals surface area contributed by atoms with E-state index >= 15 is 0 Å². The van der Waals surface area contributed by atoms with Crippen molar-refractivity contribution in [2.45, 2.75) is 32.1 Å². The van der Waals surface area contributed by atoms with Gasteiger partial charge in [0.05, 0.1) is 24.5 Å². The van der Waals surface area contributed by atoms with Gasteiger partial charge in [-0.2, -0.15) is 0 Å². The van der Waals surface area contributed by atoms with Crippen molar-refractivity contribution in [2.24, 2.45) is 7.05 Å². The van der Waals surface area contributed by atoms with E-state index in [0.29, 0.717) is 49.8 Å². The molecule has 7 nitrogen and oxygen atoms in total. The van der Waals surface area contributed by atoms with Crippen molar-refractivity contribution in [2.75, 3.05) is 31.0 Å². The average molecular weight is 406 g/mol. The highest BCUT2D eigenvalue weighted by atomic mass is 32.2. The summed E-state index contributed by atoms with van der Waals surface area (Å²) in [4.78, 5) is 14.9. The summed E-state index contributed by atoms with van der Waals surface area (Å²) in [5.74, 6) is -0.270. The van der Waals surface area contributed by atoms with Crippen molar-refractivity contribution in [1.82, 2.24) is 9.47 Å². The molecule has 1 fully saturated rings. The molecule has 2 heterocycles. The van der Waals surface area contributed by atoms with Crippen molar-refractivity contribution in [3.63, 3.8) is 0 Å². The van der Waals surface area contributed by atoms with Crippen molar-refractivity contribution < 1.29 is 17.9 Å². The van der Waals surface area contributed by atoms with Crippen molar-refractivity contribution in [3.8, 4) is 0 Å². The molecule has 0 saturated carbocycles. The van der Waals surface area contributed by atoms with Gasteiger partial charge in [0.15, 0.2) is 0 Å². The number of carbonyl (C=O) groups is 1. The zero-order valence-electron chi connectivity index (χ0n) is 16.8. The number of para-hydroxylation sites is 1. The van der Waals surface area contributed by atoms with Gasteiger partial charge in [-0.25, -0.2) is 8.42 Å². The number of benzene rings is 1. The molecule has 1 saturated heterocycles. The highest BCUT2D eigenvalue weighted by Gasteiger charge is 2.33. The zero-order valence-corrected chi connectivity index (χ0v) is 17.6. The Kier molecular flexibility index (Phi) is 5.81. The largest absolute Gasteiger partial charge is 0.378 e. The third-order valence-corrected chi connectivity index (χ3v) is 6.87. The Morgan fingerprint density at radius 1 is 1.14 bits per heavy atom. The number of morpholine rings is 1. The fraction of sp³-hybridized carbons (Fsp3) is 0.450. The Hall–Kier alpha value is -2.32. The summed E-state index contributed by atoms with van der Waals surface area (Å²) in [6, 6.07) is 7.30. The second kappa shape index (κ2) is 7.97. The molecule has 1 aliphatic heterocycles. The van der Waals surface area contributed by atoms with Gasteiger partial charge in [0.1, 0.15) is 4.90 Å². The maximum atomic E-state index is 13.3. The molecule has 0 atom stereocenters. The molecular formula is C20H27N3O4S. The maximum absolute atomic E-state index is 13.3. The van der Waals surface area contributed by atoms with Crippen LogP contribution in [0, 0.1) is 13.8 Å². The first-order valence-corrected chi connectivity index (χ1v) is 10.9. The van der Waals surface area contributed by atoms with Gasteiger partial charge in [-0.1, -0.05) is 25.1 Å². The summed E-state index contributed by atoms with van der Waals surface area (Å²) in [6.45, 7) is 7.30. The lowest BCUT2D eigenvalue weighted by atomic mass is 10.1. The summed E-state index contributed by atoms with van der Waals surface area (Å²) >= 11 is 0. The molecular weight excluding hydrogens is 378 g/mol. The Balaban J connectivity index is 2.07. The number of rotatable bonds is 5. The van der Waals surface area contributed by atoms with E-state index in [9.17, 15) is 13.2 Å². The molecule has 0 radical (unpaired) electrons. The second-order valence-electron chi connectivity index (χ2n) is 6.95. The lowest BCUT2D eigenvalue weighted by Gasteiger charge is -2.27. The summed E-state index contributed by atoms with van der Waals surface area (Å²) in [6.07, 6.45) is 0.699. The first-order chi connectivity index (χ1) is 13.3. The second-order valence-corrected chi connectivity index (χ2v) is 8.57. The lowest BCUT2D eigenvalue weighted by molar-refractivity contribution is 0.0300. The van der Waals surface area contributed by atoms with Gasteiger partial charge in [0, 0.05) is 31.5 Å². The summed E-state index contributed by atoms with van der Waals surface area (Å²) < 4.78 is 36.5. The highest BCUT2D eigenvalue weighted by Crippen LogP contribution is 2.30. The van der Waals surface area contributed by atoms with Crippen LogP contribution in [0.2, 0.25) is 0 Å². The van der Waals surface area contributed by atoms with Crippen LogP contribution < -0.4 is 4.72 Å². The highest BCUT2D eigenvalue weighted by molar-refractivity contribution is 7.92. The molecule has 3 rings (SSSR count). The number of amides is 1. The van der Waals surface area contributed by atoms with E-state index in [2.05, 4.69) is 4.72 Å². The predicted octanol–water partition coefficient (Wildman–Crippen LogP) is 2.48. The molecule has 0 unspecified atom stereocenters. The average Bonchev–Trinajstić information content (AvgIpc) is 2.93. The molecule has 28 heavy (non-hydrogen) atoms. The van der Waals surface area contributed by atoms with Crippen molar-refractivity contribution in [3.05, 3.63) is 46.8 Å². The lowest BCUT2D eigenvalue weighted by Crippen LogP contribution is -2.41. The number of aromatic nitrogens is 1. The molecule has 1 aromatic carbocycles. The van der Waals surface area contributed by atoms with Gasteiger partial charge >= 0.3 is 0 Å². The van der Waals surface area contributed by atoms with Crippen LogP contribution in [0.4, 0.5) is 5.69 Å². The maximum Gasteiger partial charge on any atom is 0.264 e. The summed E-state index contributed by atoms with van der Waals surface area (Å²) in [5, 5.41) is 0. The van der Waals surface area contributed by atoms with Crippen molar-refractivity contribution in [1.29, 1.82) is 0 Å². The Bertz CT molecular complexity index is 989. The molecule has 2 aromatic rings. The van der Waals surface area contributed by atoms with E-state index in [-0.39, 0.29) is 16.4 Å². The van der Waals surface area contributed by atoms with Crippen LogP contribution in [0.5, 0.6) is 0 Å². The van der Waals surface area contributed by atoms with Gasteiger partial charge in [0.2, 0.25) is 0 Å².